The second-order valence-corrected chi connectivity index (χ2v) is 5.10. The molecule has 1 aromatic carbocycles. The first-order valence-electron chi connectivity index (χ1n) is 6.97. The lowest BCUT2D eigenvalue weighted by Crippen LogP contribution is -2.45. The van der Waals surface area contributed by atoms with Crippen LogP contribution in [-0.4, -0.2) is 36.2 Å². The molecular weight excluding hydrogens is 295 g/mol. The third-order valence-electron chi connectivity index (χ3n) is 3.78. The predicted octanol–water partition coefficient (Wildman–Crippen LogP) is 3.29. The molecule has 1 aliphatic heterocycles. The van der Waals surface area contributed by atoms with E-state index in [2.05, 4.69) is 29.3 Å². The van der Waals surface area contributed by atoms with Gasteiger partial charge in [-0.1, -0.05) is 31.5 Å². The molecule has 1 heterocycles. The lowest BCUT2D eigenvalue weighted by atomic mass is 9.97. The van der Waals surface area contributed by atoms with Gasteiger partial charge in [-0.15, -0.1) is 24.8 Å². The van der Waals surface area contributed by atoms with E-state index < -0.39 is 0 Å². The van der Waals surface area contributed by atoms with Gasteiger partial charge in [-0.25, -0.2) is 0 Å². The summed E-state index contributed by atoms with van der Waals surface area (Å²) in [7, 11) is 0. The van der Waals surface area contributed by atoms with E-state index in [1.807, 2.05) is 13.0 Å². The molecule has 5 heteroatoms. The van der Waals surface area contributed by atoms with Gasteiger partial charge in [0, 0.05) is 37.8 Å². The number of halogens is 2. The van der Waals surface area contributed by atoms with Gasteiger partial charge in [0.2, 0.25) is 0 Å². The number of aryl methyl sites for hydroxylation is 1. The van der Waals surface area contributed by atoms with Crippen molar-refractivity contribution in [1.29, 1.82) is 0 Å². The normalized spacial score (nSPS) is 16.9. The highest BCUT2D eigenvalue weighted by Crippen LogP contribution is 2.34. The van der Waals surface area contributed by atoms with Gasteiger partial charge >= 0.3 is 0 Å². The number of nitrogens with one attached hydrogen (secondary N) is 1. The van der Waals surface area contributed by atoms with E-state index in [0.29, 0.717) is 11.8 Å². The Kier molecular flexibility index (Phi) is 9.23. The average molecular weight is 321 g/mol. The highest BCUT2D eigenvalue weighted by Gasteiger charge is 2.23. The minimum absolute atomic E-state index is 0. The zero-order chi connectivity index (χ0) is 13.0. The molecule has 116 valence electrons. The van der Waals surface area contributed by atoms with Crippen LogP contribution >= 0.6 is 24.8 Å². The molecule has 1 aromatic rings. The highest BCUT2D eigenvalue weighted by molar-refractivity contribution is 5.85. The van der Waals surface area contributed by atoms with Crippen LogP contribution in [-0.2, 0) is 0 Å². The number of hydrogen-bond donors (Lipinski definition) is 2. The Labute approximate surface area is 134 Å². The van der Waals surface area contributed by atoms with Crippen molar-refractivity contribution in [3.8, 4) is 5.75 Å². The van der Waals surface area contributed by atoms with Gasteiger partial charge in [0.1, 0.15) is 5.75 Å². The maximum atomic E-state index is 10.3. The quantitative estimate of drug-likeness (QED) is 0.893. The van der Waals surface area contributed by atoms with Crippen LogP contribution < -0.4 is 5.32 Å². The molecule has 0 amide bonds. The summed E-state index contributed by atoms with van der Waals surface area (Å²) in [6.45, 7) is 8.41. The van der Waals surface area contributed by atoms with Crippen LogP contribution in [0.5, 0.6) is 5.75 Å². The first-order chi connectivity index (χ1) is 8.74. The minimum atomic E-state index is 0. The number of hydrogen-bond acceptors (Lipinski definition) is 3. The summed E-state index contributed by atoms with van der Waals surface area (Å²) in [5.41, 5.74) is 2.07. The van der Waals surface area contributed by atoms with Crippen LogP contribution in [0.1, 0.15) is 36.9 Å². The number of para-hydroxylation sites is 1. The molecule has 0 aromatic heterocycles. The van der Waals surface area contributed by atoms with Crippen LogP contribution in [0.25, 0.3) is 0 Å². The monoisotopic (exact) mass is 320 g/mol. The van der Waals surface area contributed by atoms with Crippen LogP contribution in [0, 0.1) is 6.92 Å². The van der Waals surface area contributed by atoms with Gasteiger partial charge in [-0.2, -0.15) is 0 Å². The summed E-state index contributed by atoms with van der Waals surface area (Å²) < 4.78 is 0. The zero-order valence-corrected chi connectivity index (χ0v) is 13.9. The second kappa shape index (κ2) is 9.46. The van der Waals surface area contributed by atoms with Gasteiger partial charge < -0.3 is 10.4 Å². The Morgan fingerprint density at radius 1 is 1.25 bits per heavy atom. The van der Waals surface area contributed by atoms with Crippen LogP contribution in [0.2, 0.25) is 0 Å². The van der Waals surface area contributed by atoms with Crippen LogP contribution in [0.15, 0.2) is 18.2 Å². The summed E-state index contributed by atoms with van der Waals surface area (Å²) in [5.74, 6) is 0.481. The van der Waals surface area contributed by atoms with Crippen molar-refractivity contribution in [2.75, 3.05) is 26.2 Å². The van der Waals surface area contributed by atoms with Crippen LogP contribution in [0.3, 0.4) is 0 Å². The third-order valence-corrected chi connectivity index (χ3v) is 3.78. The lowest BCUT2D eigenvalue weighted by molar-refractivity contribution is 0.162. The fourth-order valence-corrected chi connectivity index (χ4v) is 2.75. The fraction of sp³-hybridized carbons (Fsp3) is 0.600. The van der Waals surface area contributed by atoms with E-state index >= 15 is 0 Å². The predicted molar refractivity (Wildman–Crippen MR) is 89.4 cm³/mol. The molecule has 1 atom stereocenters. The maximum absolute atomic E-state index is 10.3. The number of piperazine rings is 1. The Morgan fingerprint density at radius 2 is 1.90 bits per heavy atom. The van der Waals surface area contributed by atoms with Crippen molar-refractivity contribution in [3.05, 3.63) is 29.3 Å². The lowest BCUT2D eigenvalue weighted by Gasteiger charge is -2.35. The Hall–Kier alpha value is -0.480. The Balaban J connectivity index is 0.00000180. The molecular formula is C15H26Cl2N2O. The van der Waals surface area contributed by atoms with E-state index in [0.717, 1.165) is 50.1 Å². The smallest absolute Gasteiger partial charge is 0.123 e. The highest BCUT2D eigenvalue weighted by atomic mass is 35.5. The van der Waals surface area contributed by atoms with Gasteiger partial charge in [0.05, 0.1) is 0 Å². The van der Waals surface area contributed by atoms with Crippen LogP contribution in [0.4, 0.5) is 0 Å². The number of aromatic hydroxyl groups is 1. The molecule has 0 radical (unpaired) electrons. The van der Waals surface area contributed by atoms with Gasteiger partial charge in [0.15, 0.2) is 0 Å². The number of nitrogens with zero attached hydrogens (tertiary/aromatic N) is 1. The third kappa shape index (κ3) is 4.52. The molecule has 2 rings (SSSR count). The Morgan fingerprint density at radius 3 is 2.50 bits per heavy atom. The first-order valence-corrected chi connectivity index (χ1v) is 6.97. The molecule has 0 unspecified atom stereocenters. The maximum Gasteiger partial charge on any atom is 0.123 e. The van der Waals surface area contributed by atoms with Crippen molar-refractivity contribution in [2.24, 2.45) is 0 Å². The molecule has 0 saturated carbocycles. The summed E-state index contributed by atoms with van der Waals surface area (Å²) >= 11 is 0. The van der Waals surface area contributed by atoms with Crippen molar-refractivity contribution in [3.63, 3.8) is 0 Å². The van der Waals surface area contributed by atoms with Crippen molar-refractivity contribution in [1.82, 2.24) is 10.2 Å². The zero-order valence-electron chi connectivity index (χ0n) is 12.3. The van der Waals surface area contributed by atoms with Gasteiger partial charge in [0.25, 0.3) is 0 Å². The summed E-state index contributed by atoms with van der Waals surface area (Å²) in [6, 6.07) is 6.46. The molecule has 2 N–H and O–H groups in total. The number of benzene rings is 1. The van der Waals surface area contributed by atoms with Gasteiger partial charge in [-0.3, -0.25) is 4.90 Å². The average Bonchev–Trinajstić information content (AvgIpc) is 2.41. The Bertz CT molecular complexity index is 395. The molecule has 0 spiro atoms. The number of rotatable bonds is 4. The molecule has 0 bridgehead atoms. The summed E-state index contributed by atoms with van der Waals surface area (Å²) in [4.78, 5) is 2.49. The standard InChI is InChI=1S/C15H24N2O.2ClH/c1-3-5-14(17-10-8-16-9-11-17)13-7-4-6-12(2)15(13)18;;/h4,6-7,14,16,18H,3,5,8-11H2,1-2H3;2*1H/t14-;;/m1../s1. The topological polar surface area (TPSA) is 35.5 Å². The molecule has 20 heavy (non-hydrogen) atoms. The fourth-order valence-electron chi connectivity index (χ4n) is 2.75. The van der Waals surface area contributed by atoms with Crippen molar-refractivity contribution in [2.45, 2.75) is 32.7 Å². The second-order valence-electron chi connectivity index (χ2n) is 5.10. The first kappa shape index (κ1) is 19.5. The molecule has 1 aliphatic rings. The summed E-state index contributed by atoms with van der Waals surface area (Å²) in [6.07, 6.45) is 2.25. The van der Waals surface area contributed by atoms with Gasteiger partial charge in [-0.05, 0) is 18.9 Å². The SMILES string of the molecule is CCC[C@H](c1cccc(C)c1O)N1CCNCC1.Cl.Cl. The molecule has 3 nitrogen and oxygen atoms in total. The number of phenolic OH excluding ortho intramolecular Hbond substituents is 1. The van der Waals surface area contributed by atoms with E-state index in [1.165, 1.54) is 0 Å². The molecule has 1 fully saturated rings. The van der Waals surface area contributed by atoms with E-state index in [9.17, 15) is 5.11 Å². The minimum Gasteiger partial charge on any atom is -0.507 e. The number of phenols is 1. The van der Waals surface area contributed by atoms with Crippen molar-refractivity contribution < 1.29 is 5.11 Å². The van der Waals surface area contributed by atoms with Crippen molar-refractivity contribution >= 4 is 24.8 Å². The molecule has 1 saturated heterocycles. The molecule has 0 aliphatic carbocycles. The van der Waals surface area contributed by atoms with E-state index in [1.54, 1.807) is 0 Å². The largest absolute Gasteiger partial charge is 0.507 e. The summed E-state index contributed by atoms with van der Waals surface area (Å²) in [5, 5.41) is 13.7. The van der Waals surface area contributed by atoms with E-state index in [4.69, 9.17) is 0 Å². The van der Waals surface area contributed by atoms with E-state index in [-0.39, 0.29) is 24.8 Å².